The Morgan fingerprint density at radius 1 is 1.19 bits per heavy atom. The summed E-state index contributed by atoms with van der Waals surface area (Å²) in [4.78, 5) is 13.5. The van der Waals surface area contributed by atoms with Gasteiger partial charge in [-0.3, -0.25) is 4.79 Å². The Bertz CT molecular complexity index is 770. The van der Waals surface area contributed by atoms with Crippen molar-refractivity contribution in [3.8, 4) is 0 Å². The standard InChI is InChI=1S/C17H25Cl2N3O3S/c1-12(16(23)20-17(2,3)4)21-7-9-22(10-8-21)26(24,25)13-5-6-14(18)15(19)11-13/h5-6,11-12H,7-10H2,1-4H3,(H,20,23)/p+1/t12-/m1/s1. The van der Waals surface area contributed by atoms with Crippen molar-refractivity contribution in [2.75, 3.05) is 26.2 Å². The fourth-order valence-corrected chi connectivity index (χ4v) is 4.73. The quantitative estimate of drug-likeness (QED) is 0.765. The number of sulfonamides is 1. The van der Waals surface area contributed by atoms with Gasteiger partial charge < -0.3 is 10.2 Å². The minimum absolute atomic E-state index is 0.0201. The molecule has 0 bridgehead atoms. The van der Waals surface area contributed by atoms with Crippen LogP contribution in [0.2, 0.25) is 10.0 Å². The number of quaternary nitrogens is 1. The third-order valence-electron chi connectivity index (χ3n) is 4.40. The average molecular weight is 423 g/mol. The van der Waals surface area contributed by atoms with E-state index in [9.17, 15) is 13.2 Å². The van der Waals surface area contributed by atoms with Crippen LogP contribution in [-0.2, 0) is 14.8 Å². The van der Waals surface area contributed by atoms with Gasteiger partial charge in [-0.1, -0.05) is 23.2 Å². The van der Waals surface area contributed by atoms with Crippen LogP contribution < -0.4 is 10.2 Å². The molecule has 1 amide bonds. The van der Waals surface area contributed by atoms with Crippen molar-refractivity contribution >= 4 is 39.1 Å². The lowest BCUT2D eigenvalue weighted by molar-refractivity contribution is -0.917. The number of carbonyl (C=O) groups is 1. The van der Waals surface area contributed by atoms with Crippen molar-refractivity contribution in [3.63, 3.8) is 0 Å². The average Bonchev–Trinajstić information content (AvgIpc) is 2.55. The van der Waals surface area contributed by atoms with E-state index in [0.717, 1.165) is 4.90 Å². The van der Waals surface area contributed by atoms with E-state index in [1.807, 2.05) is 27.7 Å². The van der Waals surface area contributed by atoms with Crippen LogP contribution in [0.3, 0.4) is 0 Å². The first kappa shape index (κ1) is 21.4. The van der Waals surface area contributed by atoms with Gasteiger partial charge >= 0.3 is 0 Å². The summed E-state index contributed by atoms with van der Waals surface area (Å²) in [7, 11) is -3.62. The zero-order valence-electron chi connectivity index (χ0n) is 15.5. The normalized spacial score (nSPS) is 18.5. The molecule has 9 heteroatoms. The van der Waals surface area contributed by atoms with Crippen LogP contribution in [0.15, 0.2) is 23.1 Å². The molecule has 1 aliphatic rings. The lowest BCUT2D eigenvalue weighted by Gasteiger charge is -2.35. The molecule has 0 radical (unpaired) electrons. The predicted molar refractivity (Wildman–Crippen MR) is 103 cm³/mol. The largest absolute Gasteiger partial charge is 0.346 e. The third-order valence-corrected chi connectivity index (χ3v) is 7.03. The third kappa shape index (κ3) is 5.10. The zero-order valence-corrected chi connectivity index (χ0v) is 17.8. The number of hydrogen-bond donors (Lipinski definition) is 2. The molecule has 6 nitrogen and oxygen atoms in total. The minimum atomic E-state index is -3.62. The maximum Gasteiger partial charge on any atom is 0.278 e. The molecule has 2 rings (SSSR count). The first-order valence-electron chi connectivity index (χ1n) is 8.53. The first-order valence-corrected chi connectivity index (χ1v) is 10.7. The van der Waals surface area contributed by atoms with Crippen LogP contribution in [0.5, 0.6) is 0 Å². The molecule has 0 saturated carbocycles. The number of hydrogen-bond acceptors (Lipinski definition) is 3. The minimum Gasteiger partial charge on any atom is -0.346 e. The van der Waals surface area contributed by atoms with Gasteiger partial charge in [-0.15, -0.1) is 0 Å². The van der Waals surface area contributed by atoms with Crippen LogP contribution in [0.4, 0.5) is 0 Å². The monoisotopic (exact) mass is 422 g/mol. The lowest BCUT2D eigenvalue weighted by atomic mass is 10.1. The molecule has 0 unspecified atom stereocenters. The second-order valence-corrected chi connectivity index (χ2v) is 10.4. The Labute approximate surface area is 165 Å². The van der Waals surface area contributed by atoms with E-state index in [2.05, 4.69) is 5.32 Å². The van der Waals surface area contributed by atoms with E-state index >= 15 is 0 Å². The van der Waals surface area contributed by atoms with Crippen LogP contribution >= 0.6 is 23.2 Å². The van der Waals surface area contributed by atoms with E-state index in [1.165, 1.54) is 22.5 Å². The number of nitrogens with one attached hydrogen (secondary N) is 2. The fourth-order valence-electron chi connectivity index (χ4n) is 2.90. The maximum absolute atomic E-state index is 12.8. The second kappa shape index (κ2) is 8.02. The van der Waals surface area contributed by atoms with Gasteiger partial charge in [-0.2, -0.15) is 4.31 Å². The summed E-state index contributed by atoms with van der Waals surface area (Å²) in [6, 6.07) is 4.08. The molecule has 0 aromatic heterocycles. The van der Waals surface area contributed by atoms with E-state index in [4.69, 9.17) is 23.2 Å². The highest BCUT2D eigenvalue weighted by molar-refractivity contribution is 7.89. The highest BCUT2D eigenvalue weighted by Crippen LogP contribution is 2.26. The first-order chi connectivity index (χ1) is 11.9. The fraction of sp³-hybridized carbons (Fsp3) is 0.588. The molecule has 1 aliphatic heterocycles. The summed E-state index contributed by atoms with van der Waals surface area (Å²) < 4.78 is 27.0. The predicted octanol–water partition coefficient (Wildman–Crippen LogP) is 1.19. The molecular weight excluding hydrogens is 397 g/mol. The lowest BCUT2D eigenvalue weighted by Crippen LogP contribution is -3.19. The van der Waals surface area contributed by atoms with E-state index in [1.54, 1.807) is 0 Å². The zero-order chi connectivity index (χ0) is 19.7. The van der Waals surface area contributed by atoms with Gasteiger partial charge in [0.1, 0.15) is 0 Å². The molecular formula is C17H26Cl2N3O3S+. The van der Waals surface area contributed by atoms with Gasteiger partial charge in [-0.05, 0) is 45.9 Å². The molecule has 1 heterocycles. The van der Waals surface area contributed by atoms with Crippen molar-refractivity contribution in [2.45, 2.75) is 44.2 Å². The summed E-state index contributed by atoms with van der Waals surface area (Å²) in [5.74, 6) is -0.0201. The summed E-state index contributed by atoms with van der Waals surface area (Å²) in [6.45, 7) is 9.53. The highest BCUT2D eigenvalue weighted by Gasteiger charge is 2.35. The van der Waals surface area contributed by atoms with Crippen molar-refractivity contribution < 1.29 is 18.1 Å². The van der Waals surface area contributed by atoms with E-state index in [-0.39, 0.29) is 27.4 Å². The van der Waals surface area contributed by atoms with Crippen molar-refractivity contribution in [1.82, 2.24) is 9.62 Å². The summed E-state index contributed by atoms with van der Waals surface area (Å²) >= 11 is 11.8. The molecule has 1 saturated heterocycles. The maximum atomic E-state index is 12.8. The topological polar surface area (TPSA) is 70.9 Å². The second-order valence-electron chi connectivity index (χ2n) is 7.60. The van der Waals surface area contributed by atoms with Crippen LogP contribution in [0, 0.1) is 0 Å². The highest BCUT2D eigenvalue weighted by atomic mass is 35.5. The SMILES string of the molecule is C[C@H](C(=O)NC(C)(C)C)[NH+]1CCN(S(=O)(=O)c2ccc(Cl)c(Cl)c2)CC1. The van der Waals surface area contributed by atoms with E-state index in [0.29, 0.717) is 31.2 Å². The molecule has 0 spiro atoms. The van der Waals surface area contributed by atoms with Crippen LogP contribution in [0.1, 0.15) is 27.7 Å². The van der Waals surface area contributed by atoms with E-state index < -0.39 is 10.0 Å². The molecule has 26 heavy (non-hydrogen) atoms. The smallest absolute Gasteiger partial charge is 0.278 e. The van der Waals surface area contributed by atoms with Crippen molar-refractivity contribution in [1.29, 1.82) is 0 Å². The number of benzene rings is 1. The number of halogens is 2. The van der Waals surface area contributed by atoms with Gasteiger partial charge in [-0.25, -0.2) is 8.42 Å². The van der Waals surface area contributed by atoms with Gasteiger partial charge in [0.05, 0.1) is 41.1 Å². The van der Waals surface area contributed by atoms with Crippen LogP contribution in [-0.4, -0.2) is 56.4 Å². The molecule has 146 valence electrons. The molecule has 1 atom stereocenters. The Balaban J connectivity index is 2.03. The van der Waals surface area contributed by atoms with Gasteiger partial charge in [0, 0.05) is 5.54 Å². The Kier molecular flexibility index (Phi) is 6.62. The Morgan fingerprint density at radius 2 is 1.77 bits per heavy atom. The molecule has 0 aliphatic carbocycles. The Hall–Kier alpha value is -0.860. The number of amides is 1. The number of carbonyl (C=O) groups excluding carboxylic acids is 1. The van der Waals surface area contributed by atoms with Crippen LogP contribution in [0.25, 0.3) is 0 Å². The number of piperazine rings is 1. The summed E-state index contributed by atoms with van der Waals surface area (Å²) in [6.07, 6.45) is 0. The van der Waals surface area contributed by atoms with Gasteiger partial charge in [0.15, 0.2) is 6.04 Å². The van der Waals surface area contributed by atoms with Crippen molar-refractivity contribution in [3.05, 3.63) is 28.2 Å². The molecule has 2 N–H and O–H groups in total. The number of nitrogens with zero attached hydrogens (tertiary/aromatic N) is 1. The Morgan fingerprint density at radius 3 is 2.27 bits per heavy atom. The van der Waals surface area contributed by atoms with Crippen molar-refractivity contribution in [2.24, 2.45) is 0 Å². The molecule has 1 aromatic carbocycles. The summed E-state index contributed by atoms with van der Waals surface area (Å²) in [5.41, 5.74) is -0.288. The van der Waals surface area contributed by atoms with Gasteiger partial charge in [0.25, 0.3) is 5.91 Å². The molecule has 1 fully saturated rings. The molecule has 1 aromatic rings. The van der Waals surface area contributed by atoms with Gasteiger partial charge in [0.2, 0.25) is 10.0 Å². The summed E-state index contributed by atoms with van der Waals surface area (Å²) in [5, 5.41) is 3.51. The number of rotatable bonds is 4.